The maximum atomic E-state index is 12.5. The molecule has 2 atom stereocenters. The summed E-state index contributed by atoms with van der Waals surface area (Å²) in [5.74, 6) is -0.0502. The second-order valence-corrected chi connectivity index (χ2v) is 6.56. The van der Waals surface area contributed by atoms with Crippen LogP contribution in [0.4, 0.5) is 0 Å². The fourth-order valence-corrected chi connectivity index (χ4v) is 2.64. The molecule has 0 radical (unpaired) electrons. The van der Waals surface area contributed by atoms with Crippen LogP contribution in [-0.4, -0.2) is 30.9 Å². The predicted octanol–water partition coefficient (Wildman–Crippen LogP) is 2.40. The van der Waals surface area contributed by atoms with Crippen LogP contribution in [0.1, 0.15) is 51.5 Å². The Balaban J connectivity index is 2.44. The molecule has 0 aliphatic carbocycles. The molecule has 25 heavy (non-hydrogen) atoms. The Labute approximate surface area is 151 Å². The number of unbranched alkanes of at least 4 members (excludes halogenated alkanes) is 2. The first-order valence-corrected chi connectivity index (χ1v) is 9.39. The van der Waals surface area contributed by atoms with Crippen LogP contribution in [-0.2, 0) is 16.0 Å². The van der Waals surface area contributed by atoms with Gasteiger partial charge in [0, 0.05) is 13.0 Å². The fourth-order valence-electron chi connectivity index (χ4n) is 2.64. The number of benzene rings is 1. The minimum absolute atomic E-state index is 0.0551. The molecule has 140 valence electrons. The third kappa shape index (κ3) is 8.68. The zero-order valence-electron chi connectivity index (χ0n) is 15.6. The highest BCUT2D eigenvalue weighted by molar-refractivity contribution is 5.87. The number of hydrogen-bond donors (Lipinski definition) is 3. The molecule has 0 aliphatic rings. The zero-order chi connectivity index (χ0) is 18.5. The van der Waals surface area contributed by atoms with Crippen LogP contribution in [0.15, 0.2) is 30.3 Å². The maximum Gasteiger partial charge on any atom is 0.242 e. The van der Waals surface area contributed by atoms with Crippen LogP contribution >= 0.6 is 0 Å². The van der Waals surface area contributed by atoms with Crippen molar-refractivity contribution in [3.05, 3.63) is 35.9 Å². The molecule has 0 heterocycles. The monoisotopic (exact) mass is 347 g/mol. The molecule has 0 saturated carbocycles. The highest BCUT2D eigenvalue weighted by Crippen LogP contribution is 2.09. The number of nitrogens with one attached hydrogen (secondary N) is 2. The van der Waals surface area contributed by atoms with E-state index in [4.69, 9.17) is 5.73 Å². The van der Waals surface area contributed by atoms with E-state index in [-0.39, 0.29) is 17.7 Å². The van der Waals surface area contributed by atoms with Crippen molar-refractivity contribution in [2.75, 3.05) is 13.1 Å². The van der Waals surface area contributed by atoms with Gasteiger partial charge < -0.3 is 16.4 Å². The average Bonchev–Trinajstić information content (AvgIpc) is 2.63. The van der Waals surface area contributed by atoms with Gasteiger partial charge in [0.25, 0.3) is 0 Å². The van der Waals surface area contributed by atoms with Crippen LogP contribution in [0.5, 0.6) is 0 Å². The van der Waals surface area contributed by atoms with Gasteiger partial charge in [-0.25, -0.2) is 0 Å². The summed E-state index contributed by atoms with van der Waals surface area (Å²) in [5.41, 5.74) is 6.65. The van der Waals surface area contributed by atoms with Crippen LogP contribution in [0, 0.1) is 5.92 Å². The van der Waals surface area contributed by atoms with Gasteiger partial charge in [-0.3, -0.25) is 9.59 Å². The first kappa shape index (κ1) is 21.2. The summed E-state index contributed by atoms with van der Waals surface area (Å²) in [7, 11) is 0. The lowest BCUT2D eigenvalue weighted by Crippen LogP contribution is -2.50. The second kappa shape index (κ2) is 12.5. The van der Waals surface area contributed by atoms with Crippen molar-refractivity contribution in [3.63, 3.8) is 0 Å². The highest BCUT2D eigenvalue weighted by atomic mass is 16.2. The molecule has 0 aliphatic heterocycles. The topological polar surface area (TPSA) is 84.2 Å². The molecule has 0 saturated heterocycles. The van der Waals surface area contributed by atoms with Gasteiger partial charge >= 0.3 is 0 Å². The predicted molar refractivity (Wildman–Crippen MR) is 102 cm³/mol. The van der Waals surface area contributed by atoms with E-state index in [0.29, 0.717) is 19.5 Å². The van der Waals surface area contributed by atoms with Crippen LogP contribution in [0.25, 0.3) is 0 Å². The Morgan fingerprint density at radius 3 is 2.48 bits per heavy atom. The Morgan fingerprint density at radius 2 is 1.84 bits per heavy atom. The van der Waals surface area contributed by atoms with Crippen molar-refractivity contribution < 1.29 is 9.59 Å². The number of carbonyl (C=O) groups excluding carboxylic acids is 2. The van der Waals surface area contributed by atoms with Crippen molar-refractivity contribution in [1.29, 1.82) is 0 Å². The van der Waals surface area contributed by atoms with Gasteiger partial charge in [0.15, 0.2) is 0 Å². The number of amides is 2. The van der Waals surface area contributed by atoms with Crippen molar-refractivity contribution in [2.24, 2.45) is 11.7 Å². The summed E-state index contributed by atoms with van der Waals surface area (Å²) in [6, 6.07) is 9.57. The van der Waals surface area contributed by atoms with Crippen LogP contribution in [0.3, 0.4) is 0 Å². The minimum Gasteiger partial charge on any atom is -0.354 e. The highest BCUT2D eigenvalue weighted by Gasteiger charge is 2.25. The summed E-state index contributed by atoms with van der Waals surface area (Å²) >= 11 is 0. The molecule has 5 heteroatoms. The lowest BCUT2D eigenvalue weighted by Gasteiger charge is -2.23. The first-order valence-electron chi connectivity index (χ1n) is 9.39. The van der Waals surface area contributed by atoms with E-state index in [0.717, 1.165) is 32.1 Å². The Bertz CT molecular complexity index is 505. The lowest BCUT2D eigenvalue weighted by molar-refractivity contribution is -0.130. The van der Waals surface area contributed by atoms with E-state index in [1.54, 1.807) is 0 Å². The van der Waals surface area contributed by atoms with Crippen molar-refractivity contribution >= 4 is 11.8 Å². The quantitative estimate of drug-likeness (QED) is 0.508. The minimum atomic E-state index is -0.470. The SMILES string of the molecule is CCC(C)C(NC(=O)CCCCCN)C(=O)NCCc1ccccc1. The first-order chi connectivity index (χ1) is 12.1. The molecule has 2 unspecified atom stereocenters. The van der Waals surface area contributed by atoms with Gasteiger partial charge in [0.2, 0.25) is 11.8 Å². The van der Waals surface area contributed by atoms with E-state index < -0.39 is 6.04 Å². The molecule has 5 nitrogen and oxygen atoms in total. The normalized spacial score (nSPS) is 13.1. The van der Waals surface area contributed by atoms with E-state index >= 15 is 0 Å². The van der Waals surface area contributed by atoms with Gasteiger partial charge in [-0.15, -0.1) is 0 Å². The third-order valence-corrected chi connectivity index (χ3v) is 4.48. The molecular formula is C20H33N3O2. The molecule has 0 bridgehead atoms. The van der Waals surface area contributed by atoms with Gasteiger partial charge in [0.1, 0.15) is 6.04 Å². The average molecular weight is 348 g/mol. The van der Waals surface area contributed by atoms with Crippen molar-refractivity contribution in [1.82, 2.24) is 10.6 Å². The summed E-state index contributed by atoms with van der Waals surface area (Å²) < 4.78 is 0. The van der Waals surface area contributed by atoms with Gasteiger partial charge in [0.05, 0.1) is 0 Å². The Morgan fingerprint density at radius 1 is 1.12 bits per heavy atom. The molecule has 2 amide bonds. The van der Waals surface area contributed by atoms with E-state index in [1.165, 1.54) is 5.56 Å². The summed E-state index contributed by atoms with van der Waals surface area (Å²) in [6.07, 6.45) is 4.76. The Kier molecular flexibility index (Phi) is 10.6. The molecule has 1 aromatic rings. The van der Waals surface area contributed by atoms with Crippen molar-refractivity contribution in [3.8, 4) is 0 Å². The second-order valence-electron chi connectivity index (χ2n) is 6.56. The van der Waals surface area contributed by atoms with E-state index in [2.05, 4.69) is 10.6 Å². The van der Waals surface area contributed by atoms with Crippen LogP contribution < -0.4 is 16.4 Å². The molecule has 0 fully saturated rings. The molecule has 1 aromatic carbocycles. The largest absolute Gasteiger partial charge is 0.354 e. The summed E-state index contributed by atoms with van der Waals surface area (Å²) in [6.45, 7) is 5.25. The van der Waals surface area contributed by atoms with E-state index in [9.17, 15) is 9.59 Å². The van der Waals surface area contributed by atoms with Gasteiger partial charge in [-0.2, -0.15) is 0 Å². The zero-order valence-corrected chi connectivity index (χ0v) is 15.6. The van der Waals surface area contributed by atoms with Gasteiger partial charge in [-0.05, 0) is 37.3 Å². The lowest BCUT2D eigenvalue weighted by atomic mass is 9.98. The maximum absolute atomic E-state index is 12.5. The number of rotatable bonds is 12. The van der Waals surface area contributed by atoms with Crippen molar-refractivity contribution in [2.45, 2.75) is 58.4 Å². The number of hydrogen-bond acceptors (Lipinski definition) is 3. The smallest absolute Gasteiger partial charge is 0.242 e. The standard InChI is InChI=1S/C20H33N3O2/c1-3-16(2)19(23-18(24)12-8-5-9-14-21)20(25)22-15-13-17-10-6-4-7-11-17/h4,6-7,10-11,16,19H,3,5,8-9,12-15,21H2,1-2H3,(H,22,25)(H,23,24). The molecule has 4 N–H and O–H groups in total. The molecular weight excluding hydrogens is 314 g/mol. The Hall–Kier alpha value is -1.88. The number of carbonyl (C=O) groups is 2. The van der Waals surface area contributed by atoms with E-state index in [1.807, 2.05) is 44.2 Å². The third-order valence-electron chi connectivity index (χ3n) is 4.48. The molecule has 0 spiro atoms. The number of nitrogens with two attached hydrogens (primary N) is 1. The molecule has 0 aromatic heterocycles. The fraction of sp³-hybridized carbons (Fsp3) is 0.600. The summed E-state index contributed by atoms with van der Waals surface area (Å²) in [5, 5.41) is 5.87. The van der Waals surface area contributed by atoms with Crippen LogP contribution in [0.2, 0.25) is 0 Å². The molecule has 1 rings (SSSR count). The summed E-state index contributed by atoms with van der Waals surface area (Å²) in [4.78, 5) is 24.6. The van der Waals surface area contributed by atoms with Gasteiger partial charge in [-0.1, -0.05) is 57.0 Å².